The van der Waals surface area contributed by atoms with Crippen molar-refractivity contribution in [3.8, 4) is 0 Å². The number of rotatable bonds is 5. The molecule has 5 nitrogen and oxygen atoms in total. The largest absolute Gasteiger partial charge is 0.477 e. The number of carbonyl (C=O) groups excluding carboxylic acids is 1. The highest BCUT2D eigenvalue weighted by Crippen LogP contribution is 2.24. The van der Waals surface area contributed by atoms with Gasteiger partial charge in [-0.3, -0.25) is 4.79 Å². The molecule has 1 aliphatic rings. The summed E-state index contributed by atoms with van der Waals surface area (Å²) in [6.45, 7) is 5.10. The standard InChI is InChI=1S/C16H22N2O3/c1-11(2)8-9-12-5-4-10-18(12)15(19)13-6-3-7-14(17-13)16(20)21/h3,6-7,11-12H,4-5,8-10H2,1-2H3,(H,20,21). The molecule has 1 aromatic heterocycles. The summed E-state index contributed by atoms with van der Waals surface area (Å²) < 4.78 is 0. The van der Waals surface area contributed by atoms with Crippen LogP contribution in [0.25, 0.3) is 0 Å². The van der Waals surface area contributed by atoms with E-state index in [0.29, 0.717) is 5.92 Å². The van der Waals surface area contributed by atoms with Gasteiger partial charge in [0.05, 0.1) is 0 Å². The van der Waals surface area contributed by atoms with E-state index in [9.17, 15) is 9.59 Å². The predicted octanol–water partition coefficient (Wildman–Crippen LogP) is 2.82. The summed E-state index contributed by atoms with van der Waals surface area (Å²) in [5.41, 5.74) is 0.144. The van der Waals surface area contributed by atoms with Crippen LogP contribution in [0.15, 0.2) is 18.2 Å². The lowest BCUT2D eigenvalue weighted by Crippen LogP contribution is -2.36. The highest BCUT2D eigenvalue weighted by Gasteiger charge is 2.30. The fourth-order valence-electron chi connectivity index (χ4n) is 2.75. The Morgan fingerprint density at radius 2 is 2.10 bits per heavy atom. The van der Waals surface area contributed by atoms with Crippen LogP contribution in [0.5, 0.6) is 0 Å². The second-order valence-electron chi connectivity index (χ2n) is 5.98. The maximum absolute atomic E-state index is 12.5. The van der Waals surface area contributed by atoms with Crippen molar-refractivity contribution in [2.24, 2.45) is 5.92 Å². The zero-order valence-corrected chi connectivity index (χ0v) is 12.6. The molecule has 1 amide bonds. The lowest BCUT2D eigenvalue weighted by molar-refractivity contribution is 0.0689. The van der Waals surface area contributed by atoms with Gasteiger partial charge in [0.1, 0.15) is 11.4 Å². The second kappa shape index (κ2) is 6.70. The molecule has 2 rings (SSSR count). The summed E-state index contributed by atoms with van der Waals surface area (Å²) in [5.74, 6) is -0.636. The number of aromatic nitrogens is 1. The third kappa shape index (κ3) is 3.80. The summed E-state index contributed by atoms with van der Waals surface area (Å²) in [4.78, 5) is 29.3. The minimum Gasteiger partial charge on any atom is -0.477 e. The van der Waals surface area contributed by atoms with Gasteiger partial charge in [0.15, 0.2) is 0 Å². The molecule has 0 aromatic carbocycles. The number of nitrogens with zero attached hydrogens (tertiary/aromatic N) is 2. The van der Waals surface area contributed by atoms with Crippen LogP contribution in [0.2, 0.25) is 0 Å². The molecule has 0 aliphatic carbocycles. The van der Waals surface area contributed by atoms with E-state index in [1.165, 1.54) is 6.07 Å². The van der Waals surface area contributed by atoms with E-state index in [2.05, 4.69) is 18.8 Å². The van der Waals surface area contributed by atoms with E-state index in [-0.39, 0.29) is 23.3 Å². The monoisotopic (exact) mass is 290 g/mol. The maximum atomic E-state index is 12.5. The number of pyridine rings is 1. The Kier molecular flexibility index (Phi) is 4.94. The molecular formula is C16H22N2O3. The Balaban J connectivity index is 2.11. The van der Waals surface area contributed by atoms with Crippen LogP contribution < -0.4 is 0 Å². The molecule has 1 aromatic rings. The lowest BCUT2D eigenvalue weighted by atomic mass is 10.0. The van der Waals surface area contributed by atoms with Crippen LogP contribution in [0.4, 0.5) is 0 Å². The Labute approximate surface area is 125 Å². The average Bonchev–Trinajstić information content (AvgIpc) is 2.92. The van der Waals surface area contributed by atoms with Crippen molar-refractivity contribution in [3.63, 3.8) is 0 Å². The third-order valence-corrected chi connectivity index (χ3v) is 3.90. The Hall–Kier alpha value is -1.91. The van der Waals surface area contributed by atoms with Gasteiger partial charge in [-0.25, -0.2) is 9.78 Å². The molecule has 1 unspecified atom stereocenters. The first-order chi connectivity index (χ1) is 9.99. The average molecular weight is 290 g/mol. The van der Waals surface area contributed by atoms with Crippen molar-refractivity contribution in [2.45, 2.75) is 45.6 Å². The minimum atomic E-state index is -1.11. The van der Waals surface area contributed by atoms with Crippen molar-refractivity contribution in [3.05, 3.63) is 29.6 Å². The molecule has 1 aliphatic heterocycles. The second-order valence-corrected chi connectivity index (χ2v) is 5.98. The van der Waals surface area contributed by atoms with Crippen LogP contribution in [0.1, 0.15) is 60.5 Å². The van der Waals surface area contributed by atoms with Gasteiger partial charge in [-0.05, 0) is 43.7 Å². The van der Waals surface area contributed by atoms with Crippen molar-refractivity contribution < 1.29 is 14.7 Å². The Morgan fingerprint density at radius 3 is 2.76 bits per heavy atom. The van der Waals surface area contributed by atoms with E-state index in [1.54, 1.807) is 12.1 Å². The summed E-state index contributed by atoms with van der Waals surface area (Å²) in [6.07, 6.45) is 4.13. The molecule has 5 heteroatoms. The van der Waals surface area contributed by atoms with E-state index >= 15 is 0 Å². The molecule has 0 spiro atoms. The molecule has 1 saturated heterocycles. The first-order valence-corrected chi connectivity index (χ1v) is 7.50. The maximum Gasteiger partial charge on any atom is 0.354 e. The van der Waals surface area contributed by atoms with Gasteiger partial charge in [0.25, 0.3) is 5.91 Å². The zero-order chi connectivity index (χ0) is 15.4. The van der Waals surface area contributed by atoms with Crippen LogP contribution in [-0.2, 0) is 0 Å². The number of aromatic carboxylic acids is 1. The first kappa shape index (κ1) is 15.5. The van der Waals surface area contributed by atoms with Gasteiger partial charge in [-0.2, -0.15) is 0 Å². The number of likely N-dealkylation sites (tertiary alicyclic amines) is 1. The van der Waals surface area contributed by atoms with Gasteiger partial charge in [0.2, 0.25) is 0 Å². The fraction of sp³-hybridized carbons (Fsp3) is 0.562. The van der Waals surface area contributed by atoms with Gasteiger partial charge in [-0.1, -0.05) is 19.9 Å². The molecule has 21 heavy (non-hydrogen) atoms. The van der Waals surface area contributed by atoms with E-state index in [4.69, 9.17) is 5.11 Å². The molecule has 0 bridgehead atoms. The molecule has 1 atom stereocenters. The minimum absolute atomic E-state index is 0.0845. The van der Waals surface area contributed by atoms with Crippen molar-refractivity contribution >= 4 is 11.9 Å². The number of carboxylic acids is 1. The number of hydrogen-bond acceptors (Lipinski definition) is 3. The molecule has 0 radical (unpaired) electrons. The van der Waals surface area contributed by atoms with Crippen molar-refractivity contribution in [2.75, 3.05) is 6.54 Å². The summed E-state index contributed by atoms with van der Waals surface area (Å²) in [5, 5.41) is 8.97. The van der Waals surface area contributed by atoms with E-state index in [0.717, 1.165) is 32.2 Å². The normalized spacial score (nSPS) is 18.2. The molecular weight excluding hydrogens is 268 g/mol. The van der Waals surface area contributed by atoms with E-state index < -0.39 is 5.97 Å². The molecule has 1 N–H and O–H groups in total. The van der Waals surface area contributed by atoms with Gasteiger partial charge >= 0.3 is 5.97 Å². The molecule has 2 heterocycles. The van der Waals surface area contributed by atoms with Crippen LogP contribution >= 0.6 is 0 Å². The Bertz CT molecular complexity index is 528. The quantitative estimate of drug-likeness (QED) is 0.905. The third-order valence-electron chi connectivity index (χ3n) is 3.90. The highest BCUT2D eigenvalue weighted by atomic mass is 16.4. The van der Waals surface area contributed by atoms with Crippen LogP contribution in [-0.4, -0.2) is 39.5 Å². The number of carboxylic acid groups (broad SMARTS) is 1. The predicted molar refractivity (Wildman–Crippen MR) is 79.3 cm³/mol. The zero-order valence-electron chi connectivity index (χ0n) is 12.6. The first-order valence-electron chi connectivity index (χ1n) is 7.50. The number of amides is 1. The summed E-state index contributed by atoms with van der Waals surface area (Å²) in [7, 11) is 0. The smallest absolute Gasteiger partial charge is 0.354 e. The number of hydrogen-bond donors (Lipinski definition) is 1. The highest BCUT2D eigenvalue weighted by molar-refractivity contribution is 5.94. The molecule has 1 fully saturated rings. The fourth-order valence-corrected chi connectivity index (χ4v) is 2.75. The number of carbonyl (C=O) groups is 2. The van der Waals surface area contributed by atoms with Crippen LogP contribution in [0.3, 0.4) is 0 Å². The van der Waals surface area contributed by atoms with Gasteiger partial charge in [0, 0.05) is 12.6 Å². The van der Waals surface area contributed by atoms with Crippen molar-refractivity contribution in [1.29, 1.82) is 0 Å². The van der Waals surface area contributed by atoms with Crippen LogP contribution in [0, 0.1) is 5.92 Å². The summed E-state index contributed by atoms with van der Waals surface area (Å²) >= 11 is 0. The van der Waals surface area contributed by atoms with Gasteiger partial charge in [-0.15, -0.1) is 0 Å². The molecule has 0 saturated carbocycles. The lowest BCUT2D eigenvalue weighted by Gasteiger charge is -2.25. The molecule has 114 valence electrons. The van der Waals surface area contributed by atoms with E-state index in [1.807, 2.05) is 4.90 Å². The van der Waals surface area contributed by atoms with Gasteiger partial charge < -0.3 is 10.0 Å². The Morgan fingerprint density at radius 1 is 1.38 bits per heavy atom. The summed E-state index contributed by atoms with van der Waals surface area (Å²) in [6, 6.07) is 4.82. The SMILES string of the molecule is CC(C)CCC1CCCN1C(=O)c1cccc(C(=O)O)n1. The topological polar surface area (TPSA) is 70.5 Å². The van der Waals surface area contributed by atoms with Crippen molar-refractivity contribution in [1.82, 2.24) is 9.88 Å².